The zero-order chi connectivity index (χ0) is 19.2. The third kappa shape index (κ3) is 3.44. The number of hydrogen-bond donors (Lipinski definition) is 1. The Morgan fingerprint density at radius 2 is 1.85 bits per heavy atom. The van der Waals surface area contributed by atoms with Gasteiger partial charge in [0.25, 0.3) is 0 Å². The van der Waals surface area contributed by atoms with Gasteiger partial charge in [0.2, 0.25) is 0 Å². The lowest BCUT2D eigenvalue weighted by Crippen LogP contribution is -2.44. The molecule has 0 radical (unpaired) electrons. The first-order chi connectivity index (χ1) is 12.9. The predicted molar refractivity (Wildman–Crippen MR) is 111 cm³/mol. The van der Waals surface area contributed by atoms with Crippen molar-refractivity contribution in [2.45, 2.75) is 37.3 Å². The molecule has 2 aliphatic rings. The van der Waals surface area contributed by atoms with Gasteiger partial charge in [-0.05, 0) is 69.7 Å². The minimum Gasteiger partial charge on any atom is -0.384 e. The maximum Gasteiger partial charge on any atom is 0.104 e. The number of benzene rings is 1. The molecule has 4 rings (SSSR count). The highest BCUT2D eigenvalue weighted by Crippen LogP contribution is 2.50. The van der Waals surface area contributed by atoms with Gasteiger partial charge >= 0.3 is 0 Å². The second kappa shape index (κ2) is 7.25. The van der Waals surface area contributed by atoms with Crippen LogP contribution in [0.2, 0.25) is 10.0 Å². The number of fused-ring (bicyclic) bond motifs is 3. The van der Waals surface area contributed by atoms with Gasteiger partial charge in [0.05, 0.1) is 16.6 Å². The minimum absolute atomic E-state index is 0.314. The molecule has 3 unspecified atom stereocenters. The van der Waals surface area contributed by atoms with E-state index in [1.807, 2.05) is 25.1 Å². The molecule has 3 atom stereocenters. The van der Waals surface area contributed by atoms with E-state index < -0.39 is 5.60 Å². The zero-order valence-electron chi connectivity index (χ0n) is 15.7. The third-order valence-corrected chi connectivity index (χ3v) is 6.88. The van der Waals surface area contributed by atoms with Crippen molar-refractivity contribution in [3.63, 3.8) is 0 Å². The number of likely N-dealkylation sites (tertiary alicyclic amines) is 1. The molecule has 6 heteroatoms. The van der Waals surface area contributed by atoms with Crippen molar-refractivity contribution in [3.8, 4) is 0 Å². The van der Waals surface area contributed by atoms with Crippen LogP contribution in [0.5, 0.6) is 0 Å². The summed E-state index contributed by atoms with van der Waals surface area (Å²) in [6.07, 6.45) is 5.53. The summed E-state index contributed by atoms with van der Waals surface area (Å²) < 4.78 is 0. The summed E-state index contributed by atoms with van der Waals surface area (Å²) in [6, 6.07) is 8.00. The van der Waals surface area contributed by atoms with Gasteiger partial charge < -0.3 is 14.9 Å². The molecule has 2 aromatic rings. The Morgan fingerprint density at radius 3 is 2.59 bits per heavy atom. The molecule has 0 bridgehead atoms. The van der Waals surface area contributed by atoms with Crippen LogP contribution in [-0.2, 0) is 5.60 Å². The number of halogens is 2. The Hall–Kier alpha value is -1.33. The smallest absolute Gasteiger partial charge is 0.104 e. The zero-order valence-corrected chi connectivity index (χ0v) is 17.2. The van der Waals surface area contributed by atoms with Gasteiger partial charge in [-0.15, -0.1) is 0 Å². The van der Waals surface area contributed by atoms with Crippen LogP contribution in [0.3, 0.4) is 0 Å². The fourth-order valence-electron chi connectivity index (χ4n) is 4.60. The average Bonchev–Trinajstić information content (AvgIpc) is 2.80. The summed E-state index contributed by atoms with van der Waals surface area (Å²) in [6.45, 7) is 4.45. The molecule has 27 heavy (non-hydrogen) atoms. The van der Waals surface area contributed by atoms with E-state index in [1.165, 1.54) is 0 Å². The number of pyridine rings is 1. The van der Waals surface area contributed by atoms with E-state index in [1.54, 1.807) is 12.4 Å². The van der Waals surface area contributed by atoms with Crippen LogP contribution in [-0.4, -0.2) is 47.7 Å². The molecule has 0 amide bonds. The van der Waals surface area contributed by atoms with Gasteiger partial charge in [-0.25, -0.2) is 0 Å². The fourth-order valence-corrected chi connectivity index (χ4v) is 5.07. The largest absolute Gasteiger partial charge is 0.384 e. The Kier molecular flexibility index (Phi) is 5.10. The first kappa shape index (κ1) is 19.0. The predicted octanol–water partition coefficient (Wildman–Crippen LogP) is 4.29. The van der Waals surface area contributed by atoms with E-state index in [0.29, 0.717) is 28.5 Å². The summed E-state index contributed by atoms with van der Waals surface area (Å²) in [5, 5.41) is 12.5. The maximum absolute atomic E-state index is 11.3. The molecule has 1 aromatic carbocycles. The second-order valence-corrected chi connectivity index (χ2v) is 8.77. The van der Waals surface area contributed by atoms with Crippen LogP contribution in [0.1, 0.15) is 36.8 Å². The normalized spacial score (nSPS) is 24.9. The monoisotopic (exact) mass is 405 g/mol. The average molecular weight is 406 g/mol. The van der Waals surface area contributed by atoms with Gasteiger partial charge in [0, 0.05) is 35.6 Å². The maximum atomic E-state index is 11.3. The summed E-state index contributed by atoms with van der Waals surface area (Å²) in [7, 11) is 2.17. The first-order valence-corrected chi connectivity index (χ1v) is 10.2. The second-order valence-electron chi connectivity index (χ2n) is 7.99. The Bertz CT molecular complexity index is 828. The SMILES string of the molecule is CN1CCC2c3c(ccc(Cl)c3Cl)N(CC(C)(O)c3ccncc3)C2CC1. The molecular formula is C21H25Cl2N3O. The van der Waals surface area contributed by atoms with Crippen molar-refractivity contribution >= 4 is 28.9 Å². The summed E-state index contributed by atoms with van der Waals surface area (Å²) in [5.74, 6) is 0.337. The van der Waals surface area contributed by atoms with E-state index in [4.69, 9.17) is 23.2 Å². The van der Waals surface area contributed by atoms with Gasteiger partial charge in [0.1, 0.15) is 5.60 Å². The highest BCUT2D eigenvalue weighted by atomic mass is 35.5. The number of rotatable bonds is 3. The van der Waals surface area contributed by atoms with E-state index in [2.05, 4.69) is 27.9 Å². The Balaban J connectivity index is 1.74. The lowest BCUT2D eigenvalue weighted by Gasteiger charge is -2.36. The third-order valence-electron chi connectivity index (χ3n) is 6.06. The number of aromatic nitrogens is 1. The van der Waals surface area contributed by atoms with Gasteiger partial charge in [-0.2, -0.15) is 0 Å². The standard InChI is InChI=1S/C21H25Cl2N3O/c1-21(27,14-5-9-24-10-6-14)13-26-17-8-12-25(2)11-7-15(17)19-18(26)4-3-16(22)20(19)23/h3-6,9-10,15,17,27H,7-8,11-13H2,1-2H3. The molecule has 2 aliphatic heterocycles. The van der Waals surface area contributed by atoms with E-state index >= 15 is 0 Å². The Morgan fingerprint density at radius 1 is 1.15 bits per heavy atom. The summed E-state index contributed by atoms with van der Waals surface area (Å²) in [4.78, 5) is 8.79. The van der Waals surface area contributed by atoms with Crippen LogP contribution in [0, 0.1) is 0 Å². The van der Waals surface area contributed by atoms with Crippen molar-refractivity contribution < 1.29 is 5.11 Å². The topological polar surface area (TPSA) is 39.6 Å². The van der Waals surface area contributed by atoms with Crippen molar-refractivity contribution in [2.75, 3.05) is 31.6 Å². The van der Waals surface area contributed by atoms with Crippen LogP contribution in [0.25, 0.3) is 0 Å². The lowest BCUT2D eigenvalue weighted by molar-refractivity contribution is 0.0622. The van der Waals surface area contributed by atoms with E-state index in [9.17, 15) is 5.11 Å². The van der Waals surface area contributed by atoms with Crippen LogP contribution >= 0.6 is 23.2 Å². The van der Waals surface area contributed by atoms with Crippen LogP contribution < -0.4 is 4.90 Å². The summed E-state index contributed by atoms with van der Waals surface area (Å²) in [5.41, 5.74) is 2.14. The van der Waals surface area contributed by atoms with Crippen molar-refractivity contribution in [3.05, 3.63) is 57.8 Å². The first-order valence-electron chi connectivity index (χ1n) is 9.44. The number of aliphatic hydroxyl groups is 1. The number of anilines is 1. The van der Waals surface area contributed by atoms with Gasteiger partial charge in [0.15, 0.2) is 0 Å². The van der Waals surface area contributed by atoms with Crippen LogP contribution in [0.15, 0.2) is 36.7 Å². The van der Waals surface area contributed by atoms with E-state index in [-0.39, 0.29) is 0 Å². The molecule has 1 aromatic heterocycles. The molecule has 4 nitrogen and oxygen atoms in total. The molecule has 144 valence electrons. The van der Waals surface area contributed by atoms with Crippen molar-refractivity contribution in [2.24, 2.45) is 0 Å². The lowest BCUT2D eigenvalue weighted by atomic mass is 9.90. The van der Waals surface area contributed by atoms with Gasteiger partial charge in [-0.3, -0.25) is 4.98 Å². The molecule has 0 spiro atoms. The summed E-state index contributed by atoms with van der Waals surface area (Å²) >= 11 is 13.0. The fraction of sp³-hybridized carbons (Fsp3) is 0.476. The number of β-amino-alcohol motifs (C(OH)–C–C–N with tert-alkyl or cyclic N) is 1. The quantitative estimate of drug-likeness (QED) is 0.826. The van der Waals surface area contributed by atoms with Crippen molar-refractivity contribution in [1.29, 1.82) is 0 Å². The molecule has 1 saturated heterocycles. The molecule has 0 saturated carbocycles. The highest BCUT2D eigenvalue weighted by Gasteiger charge is 2.43. The molecule has 3 heterocycles. The molecule has 0 aliphatic carbocycles. The van der Waals surface area contributed by atoms with Gasteiger partial charge in [-0.1, -0.05) is 23.2 Å². The molecule has 1 fully saturated rings. The minimum atomic E-state index is -0.987. The highest BCUT2D eigenvalue weighted by molar-refractivity contribution is 6.42. The van der Waals surface area contributed by atoms with E-state index in [0.717, 1.165) is 42.7 Å². The van der Waals surface area contributed by atoms with Crippen molar-refractivity contribution in [1.82, 2.24) is 9.88 Å². The molecule has 1 N–H and O–H groups in total. The Labute approximate surface area is 170 Å². The number of hydrogen-bond acceptors (Lipinski definition) is 4. The number of nitrogens with zero attached hydrogens (tertiary/aromatic N) is 3. The molecular weight excluding hydrogens is 381 g/mol. The van der Waals surface area contributed by atoms with Crippen LogP contribution in [0.4, 0.5) is 5.69 Å².